The molecular formula is C21H24N2O6S. The van der Waals surface area contributed by atoms with E-state index in [0.717, 1.165) is 21.8 Å². The minimum absolute atomic E-state index is 0.00397. The third-order valence-corrected chi connectivity index (χ3v) is 5.92. The van der Waals surface area contributed by atoms with Crippen LogP contribution < -0.4 is 5.32 Å². The first-order valence-electron chi connectivity index (χ1n) is 9.48. The smallest absolute Gasteiger partial charge is 0.339 e. The fourth-order valence-electron chi connectivity index (χ4n) is 3.34. The number of amides is 2. The molecule has 1 aliphatic rings. The summed E-state index contributed by atoms with van der Waals surface area (Å²) in [6, 6.07) is 9.09. The summed E-state index contributed by atoms with van der Waals surface area (Å²) in [5, 5.41) is 21.6. The van der Waals surface area contributed by atoms with Gasteiger partial charge in [0.1, 0.15) is 5.00 Å². The maximum atomic E-state index is 12.7. The monoisotopic (exact) mass is 432 g/mol. The Bertz CT molecular complexity index is 954. The van der Waals surface area contributed by atoms with Gasteiger partial charge in [-0.1, -0.05) is 30.3 Å². The fraction of sp³-hybridized carbons (Fsp3) is 0.381. The number of carbonyl (C=O) groups excluding carboxylic acids is 2. The Labute approximate surface area is 178 Å². The van der Waals surface area contributed by atoms with E-state index < -0.39 is 23.4 Å². The molecule has 0 bridgehead atoms. The number of benzene rings is 1. The van der Waals surface area contributed by atoms with E-state index in [1.807, 2.05) is 44.2 Å². The number of aliphatic hydroxyl groups excluding tert-OH is 1. The van der Waals surface area contributed by atoms with E-state index in [-0.39, 0.29) is 36.9 Å². The average molecular weight is 432 g/mol. The summed E-state index contributed by atoms with van der Waals surface area (Å²) < 4.78 is 5.73. The van der Waals surface area contributed by atoms with E-state index in [0.29, 0.717) is 12.0 Å². The summed E-state index contributed by atoms with van der Waals surface area (Å²) in [7, 11) is 0. The molecule has 2 aromatic rings. The molecule has 1 aromatic carbocycles. The molecule has 9 heteroatoms. The summed E-state index contributed by atoms with van der Waals surface area (Å²) >= 11 is 1.11. The lowest BCUT2D eigenvalue weighted by molar-refractivity contribution is -0.143. The van der Waals surface area contributed by atoms with Crippen LogP contribution in [0, 0.1) is 0 Å². The highest BCUT2D eigenvalue weighted by molar-refractivity contribution is 7.17. The van der Waals surface area contributed by atoms with Gasteiger partial charge in [0.05, 0.1) is 24.4 Å². The molecule has 0 radical (unpaired) electrons. The number of aliphatic hydroxyl groups is 1. The van der Waals surface area contributed by atoms with E-state index in [1.165, 1.54) is 4.90 Å². The minimum Gasteiger partial charge on any atom is -0.478 e. The zero-order valence-electron chi connectivity index (χ0n) is 16.8. The second kappa shape index (κ2) is 8.95. The first-order chi connectivity index (χ1) is 14.2. The molecule has 1 aliphatic heterocycles. The van der Waals surface area contributed by atoms with Gasteiger partial charge in [-0.25, -0.2) is 4.79 Å². The molecule has 0 atom stereocenters. The number of ether oxygens (including phenoxy) is 1. The lowest BCUT2D eigenvalue weighted by atomic mass is 9.93. The second-order valence-corrected chi connectivity index (χ2v) is 8.73. The molecule has 0 saturated carbocycles. The Morgan fingerprint density at radius 2 is 1.93 bits per heavy atom. The summed E-state index contributed by atoms with van der Waals surface area (Å²) in [4.78, 5) is 39.2. The lowest BCUT2D eigenvalue weighted by Crippen LogP contribution is -2.40. The van der Waals surface area contributed by atoms with Crippen molar-refractivity contribution in [3.05, 3.63) is 51.9 Å². The van der Waals surface area contributed by atoms with Gasteiger partial charge in [-0.2, -0.15) is 0 Å². The number of carboxylic acid groups (broad SMARTS) is 1. The van der Waals surface area contributed by atoms with Crippen LogP contribution in [0.4, 0.5) is 5.00 Å². The Hall–Kier alpha value is -2.75. The highest BCUT2D eigenvalue weighted by Crippen LogP contribution is 2.40. The molecule has 1 aromatic heterocycles. The number of fused-ring (bicyclic) bond motifs is 1. The number of hydrogen-bond donors (Lipinski definition) is 3. The topological polar surface area (TPSA) is 116 Å². The first kappa shape index (κ1) is 21.9. The van der Waals surface area contributed by atoms with Crippen LogP contribution in [0.1, 0.15) is 40.2 Å². The predicted molar refractivity (Wildman–Crippen MR) is 111 cm³/mol. The van der Waals surface area contributed by atoms with Crippen LogP contribution in [0.5, 0.6) is 0 Å². The first-order valence-corrected chi connectivity index (χ1v) is 10.3. The molecule has 2 heterocycles. The summed E-state index contributed by atoms with van der Waals surface area (Å²) in [5.74, 6) is -2.95. The van der Waals surface area contributed by atoms with Crippen LogP contribution in [0.3, 0.4) is 0 Å². The summed E-state index contributed by atoms with van der Waals surface area (Å²) in [5.41, 5.74) is 0.930. The van der Waals surface area contributed by atoms with Crippen LogP contribution in [-0.4, -0.2) is 51.6 Å². The van der Waals surface area contributed by atoms with Gasteiger partial charge in [-0.05, 0) is 25.0 Å². The number of nitrogens with one attached hydrogen (secondary N) is 1. The van der Waals surface area contributed by atoms with E-state index in [1.54, 1.807) is 0 Å². The summed E-state index contributed by atoms with van der Waals surface area (Å²) in [6.07, 6.45) is 0.398. The molecule has 3 N–H and O–H groups in total. The molecule has 0 unspecified atom stereocenters. The lowest BCUT2D eigenvalue weighted by Gasteiger charge is -2.30. The number of thiophene rings is 1. The van der Waals surface area contributed by atoms with Crippen molar-refractivity contribution in [1.29, 1.82) is 0 Å². The van der Waals surface area contributed by atoms with E-state index in [2.05, 4.69) is 5.32 Å². The van der Waals surface area contributed by atoms with Crippen LogP contribution in [0.25, 0.3) is 0 Å². The molecule has 0 spiro atoms. The van der Waals surface area contributed by atoms with Crippen molar-refractivity contribution >= 4 is 34.1 Å². The van der Waals surface area contributed by atoms with Crippen molar-refractivity contribution in [1.82, 2.24) is 4.90 Å². The van der Waals surface area contributed by atoms with Gasteiger partial charge in [0.15, 0.2) is 0 Å². The standard InChI is InChI=1S/C21H24N2O6S/c1-21(2)10-14-15(12-29-21)30-18(16(14)20(27)28)22-17(25)19(26)23(8-9-24)11-13-6-4-3-5-7-13/h3-7,24H,8-12H2,1-2H3,(H,22,25)(H,27,28). The number of hydrogen-bond acceptors (Lipinski definition) is 6. The third-order valence-electron chi connectivity index (χ3n) is 4.80. The van der Waals surface area contributed by atoms with Gasteiger partial charge in [-0.15, -0.1) is 11.3 Å². The van der Waals surface area contributed by atoms with Gasteiger partial charge in [0.25, 0.3) is 0 Å². The van der Waals surface area contributed by atoms with Gasteiger partial charge in [0.2, 0.25) is 0 Å². The zero-order valence-corrected chi connectivity index (χ0v) is 17.6. The minimum atomic E-state index is -1.16. The largest absolute Gasteiger partial charge is 0.478 e. The van der Waals surface area contributed by atoms with Crippen LogP contribution in [-0.2, 0) is 33.9 Å². The fourth-order valence-corrected chi connectivity index (χ4v) is 4.46. The van der Waals surface area contributed by atoms with Crippen molar-refractivity contribution < 1.29 is 29.3 Å². The number of anilines is 1. The van der Waals surface area contributed by atoms with Crippen LogP contribution >= 0.6 is 11.3 Å². The van der Waals surface area contributed by atoms with Crippen molar-refractivity contribution in [3.63, 3.8) is 0 Å². The quantitative estimate of drug-likeness (QED) is 0.603. The van der Waals surface area contributed by atoms with E-state index in [4.69, 9.17) is 4.74 Å². The van der Waals surface area contributed by atoms with E-state index in [9.17, 15) is 24.6 Å². The maximum Gasteiger partial charge on any atom is 0.339 e. The van der Waals surface area contributed by atoms with Crippen molar-refractivity contribution in [3.8, 4) is 0 Å². The molecular weight excluding hydrogens is 408 g/mol. The predicted octanol–water partition coefficient (Wildman–Crippen LogP) is 2.26. The number of nitrogens with zero attached hydrogens (tertiary/aromatic N) is 1. The molecule has 0 fully saturated rings. The maximum absolute atomic E-state index is 12.7. The van der Waals surface area contributed by atoms with Crippen LogP contribution in [0.2, 0.25) is 0 Å². The molecule has 30 heavy (non-hydrogen) atoms. The number of carbonyl (C=O) groups is 3. The zero-order chi connectivity index (χ0) is 21.9. The molecule has 8 nitrogen and oxygen atoms in total. The Kier molecular flexibility index (Phi) is 6.55. The van der Waals surface area contributed by atoms with Gasteiger partial charge in [-0.3, -0.25) is 9.59 Å². The van der Waals surface area contributed by atoms with E-state index >= 15 is 0 Å². The van der Waals surface area contributed by atoms with Crippen molar-refractivity contribution in [2.75, 3.05) is 18.5 Å². The number of rotatable bonds is 6. The molecule has 160 valence electrons. The normalized spacial score (nSPS) is 14.6. The number of aromatic carboxylic acids is 1. The van der Waals surface area contributed by atoms with Crippen LogP contribution in [0.15, 0.2) is 30.3 Å². The summed E-state index contributed by atoms with van der Waals surface area (Å²) in [6.45, 7) is 3.83. The van der Waals surface area contributed by atoms with Gasteiger partial charge >= 0.3 is 17.8 Å². The second-order valence-electron chi connectivity index (χ2n) is 7.63. The molecule has 2 amide bonds. The third kappa shape index (κ3) is 4.86. The Morgan fingerprint density at radius 3 is 2.57 bits per heavy atom. The SMILES string of the molecule is CC1(C)Cc2c(sc(NC(=O)C(=O)N(CCO)Cc3ccccc3)c2C(=O)O)CO1. The van der Waals surface area contributed by atoms with Crippen molar-refractivity contribution in [2.24, 2.45) is 0 Å². The van der Waals surface area contributed by atoms with Crippen molar-refractivity contribution in [2.45, 2.75) is 39.0 Å². The molecule has 3 rings (SSSR count). The average Bonchev–Trinajstić information content (AvgIpc) is 3.03. The Balaban J connectivity index is 1.81. The molecule has 0 saturated heterocycles. The Morgan fingerprint density at radius 1 is 1.23 bits per heavy atom. The highest BCUT2D eigenvalue weighted by Gasteiger charge is 2.34. The molecule has 0 aliphatic carbocycles. The van der Waals surface area contributed by atoms with Gasteiger partial charge in [0, 0.05) is 24.4 Å². The number of carboxylic acids is 1. The van der Waals surface area contributed by atoms with Gasteiger partial charge < -0.3 is 25.2 Å². The highest BCUT2D eigenvalue weighted by atomic mass is 32.1.